The molecule has 1 atom stereocenters. The average Bonchev–Trinajstić information content (AvgIpc) is 3.38. The van der Waals surface area contributed by atoms with Crippen LogP contribution in [0, 0.1) is 0 Å². The second kappa shape index (κ2) is 8.61. The van der Waals surface area contributed by atoms with Gasteiger partial charge in [-0.3, -0.25) is 14.5 Å². The first-order chi connectivity index (χ1) is 16.0. The first-order valence-corrected chi connectivity index (χ1v) is 11.9. The van der Waals surface area contributed by atoms with Gasteiger partial charge in [0, 0.05) is 11.4 Å². The van der Waals surface area contributed by atoms with Crippen LogP contribution in [0.4, 0.5) is 5.13 Å². The third-order valence-electron chi connectivity index (χ3n) is 5.47. The summed E-state index contributed by atoms with van der Waals surface area (Å²) >= 11 is 7.48. The van der Waals surface area contributed by atoms with Crippen molar-refractivity contribution in [3.05, 3.63) is 79.6 Å². The van der Waals surface area contributed by atoms with Crippen LogP contribution in [-0.2, 0) is 6.42 Å². The summed E-state index contributed by atoms with van der Waals surface area (Å²) in [5.41, 5.74) is 1.03. The number of aryl methyl sites for hydroxylation is 1. The molecule has 0 spiro atoms. The van der Waals surface area contributed by atoms with Crippen LogP contribution in [0.25, 0.3) is 11.0 Å². The summed E-state index contributed by atoms with van der Waals surface area (Å²) in [4.78, 5) is 28.7. The van der Waals surface area contributed by atoms with Crippen LogP contribution in [0.5, 0.6) is 5.75 Å². The molecule has 0 fully saturated rings. The van der Waals surface area contributed by atoms with E-state index in [1.165, 1.54) is 16.2 Å². The van der Waals surface area contributed by atoms with E-state index in [0.717, 1.165) is 23.4 Å². The lowest BCUT2D eigenvalue weighted by atomic mass is 9.98. The molecule has 1 amide bonds. The van der Waals surface area contributed by atoms with Gasteiger partial charge in [0.1, 0.15) is 16.3 Å². The number of halogens is 1. The standard InChI is InChI=1S/C24H20ClN3O4S/c1-3-5-18-26-27-24(33-18)28-20(13-6-9-15(10-7-13)31-4-2)19-21(29)16-12-14(25)8-11-17(16)32-22(19)23(28)30/h6-12,20H,3-5H2,1-2H3. The Morgan fingerprint density at radius 1 is 1.12 bits per heavy atom. The molecule has 0 aliphatic carbocycles. The molecular formula is C24H20ClN3O4S. The number of fused-ring (bicyclic) bond motifs is 2. The molecule has 168 valence electrons. The van der Waals surface area contributed by atoms with Gasteiger partial charge in [-0.25, -0.2) is 0 Å². The zero-order valence-corrected chi connectivity index (χ0v) is 19.6. The van der Waals surface area contributed by atoms with Crippen LogP contribution < -0.4 is 15.1 Å². The fourth-order valence-electron chi connectivity index (χ4n) is 4.03. The number of aromatic nitrogens is 2. The Kier molecular flexibility index (Phi) is 5.64. The molecule has 0 saturated heterocycles. The van der Waals surface area contributed by atoms with E-state index in [1.54, 1.807) is 18.2 Å². The van der Waals surface area contributed by atoms with Gasteiger partial charge in [0.15, 0.2) is 5.43 Å². The molecule has 7 nitrogen and oxygen atoms in total. The summed E-state index contributed by atoms with van der Waals surface area (Å²) in [6, 6.07) is 11.4. The minimum atomic E-state index is -0.703. The zero-order chi connectivity index (χ0) is 23.1. The van der Waals surface area contributed by atoms with Crippen molar-refractivity contribution in [2.75, 3.05) is 11.5 Å². The Balaban J connectivity index is 1.72. The topological polar surface area (TPSA) is 85.5 Å². The molecule has 2 aromatic heterocycles. The maximum absolute atomic E-state index is 13.6. The van der Waals surface area contributed by atoms with Gasteiger partial charge < -0.3 is 9.15 Å². The molecule has 4 aromatic rings. The van der Waals surface area contributed by atoms with Crippen LogP contribution in [0.1, 0.15) is 53.0 Å². The molecule has 2 aromatic carbocycles. The SMILES string of the molecule is CCCc1nnc(N2C(=O)c3oc4ccc(Cl)cc4c(=O)c3C2c2ccc(OCC)cc2)s1. The van der Waals surface area contributed by atoms with Gasteiger partial charge in [0.05, 0.1) is 23.6 Å². The normalized spacial score (nSPS) is 15.3. The highest BCUT2D eigenvalue weighted by molar-refractivity contribution is 7.15. The lowest BCUT2D eigenvalue weighted by molar-refractivity contribution is 0.0970. The van der Waals surface area contributed by atoms with E-state index in [1.807, 2.05) is 31.2 Å². The zero-order valence-electron chi connectivity index (χ0n) is 18.0. The predicted octanol–water partition coefficient (Wildman–Crippen LogP) is 5.40. The lowest BCUT2D eigenvalue weighted by Gasteiger charge is -2.22. The summed E-state index contributed by atoms with van der Waals surface area (Å²) in [5.74, 6) is 0.300. The summed E-state index contributed by atoms with van der Waals surface area (Å²) in [7, 11) is 0. The molecule has 1 unspecified atom stereocenters. The number of ether oxygens (including phenoxy) is 1. The van der Waals surface area contributed by atoms with Gasteiger partial charge >= 0.3 is 0 Å². The Labute approximate surface area is 198 Å². The predicted molar refractivity (Wildman–Crippen MR) is 128 cm³/mol. The summed E-state index contributed by atoms with van der Waals surface area (Å²) < 4.78 is 11.5. The maximum atomic E-state index is 13.6. The molecule has 1 aliphatic rings. The highest BCUT2D eigenvalue weighted by Crippen LogP contribution is 2.42. The van der Waals surface area contributed by atoms with Crippen LogP contribution in [-0.4, -0.2) is 22.7 Å². The number of hydrogen-bond acceptors (Lipinski definition) is 7. The number of nitrogens with zero attached hydrogens (tertiary/aromatic N) is 3. The number of benzene rings is 2. The lowest BCUT2D eigenvalue weighted by Crippen LogP contribution is -2.29. The number of carbonyl (C=O) groups excluding carboxylic acids is 1. The van der Waals surface area contributed by atoms with Crippen molar-refractivity contribution in [3.63, 3.8) is 0 Å². The van der Waals surface area contributed by atoms with E-state index in [2.05, 4.69) is 17.1 Å². The molecule has 0 saturated carbocycles. The smallest absolute Gasteiger partial charge is 0.297 e. The average molecular weight is 482 g/mol. The maximum Gasteiger partial charge on any atom is 0.297 e. The third kappa shape index (κ3) is 3.69. The van der Waals surface area contributed by atoms with Crippen molar-refractivity contribution in [1.29, 1.82) is 0 Å². The summed E-state index contributed by atoms with van der Waals surface area (Å²) in [5, 5.41) is 10.5. The Morgan fingerprint density at radius 3 is 2.64 bits per heavy atom. The molecule has 9 heteroatoms. The van der Waals surface area contributed by atoms with Gasteiger partial charge in [-0.1, -0.05) is 42.0 Å². The van der Waals surface area contributed by atoms with Gasteiger partial charge in [0.2, 0.25) is 10.9 Å². The minimum Gasteiger partial charge on any atom is -0.494 e. The van der Waals surface area contributed by atoms with Gasteiger partial charge in [-0.2, -0.15) is 0 Å². The highest BCUT2D eigenvalue weighted by Gasteiger charge is 2.45. The first-order valence-electron chi connectivity index (χ1n) is 10.7. The molecule has 33 heavy (non-hydrogen) atoms. The molecule has 0 N–H and O–H groups in total. The number of anilines is 1. The fourth-order valence-corrected chi connectivity index (χ4v) is 5.17. The van der Waals surface area contributed by atoms with Gasteiger partial charge in [-0.15, -0.1) is 10.2 Å². The number of amides is 1. The van der Waals surface area contributed by atoms with Crippen molar-refractivity contribution in [2.45, 2.75) is 32.7 Å². The number of rotatable bonds is 6. The van der Waals surface area contributed by atoms with Crippen LogP contribution >= 0.6 is 22.9 Å². The minimum absolute atomic E-state index is 0.0148. The Hall–Kier alpha value is -3.23. The largest absolute Gasteiger partial charge is 0.494 e. The van der Waals surface area contributed by atoms with Crippen LogP contribution in [0.15, 0.2) is 51.7 Å². The monoisotopic (exact) mass is 481 g/mol. The fraction of sp³-hybridized carbons (Fsp3) is 0.250. The Morgan fingerprint density at radius 2 is 1.91 bits per heavy atom. The molecule has 5 rings (SSSR count). The molecule has 3 heterocycles. The van der Waals surface area contributed by atoms with Crippen molar-refractivity contribution in [3.8, 4) is 5.75 Å². The Bertz CT molecular complexity index is 1410. The van der Waals surface area contributed by atoms with Crippen LogP contribution in [0.3, 0.4) is 0 Å². The third-order valence-corrected chi connectivity index (χ3v) is 6.68. The molecule has 1 aliphatic heterocycles. The summed E-state index contributed by atoms with van der Waals surface area (Å²) in [6.45, 7) is 4.50. The molecular weight excluding hydrogens is 462 g/mol. The second-order valence-electron chi connectivity index (χ2n) is 7.62. The van der Waals surface area contributed by atoms with Gasteiger partial charge in [-0.05, 0) is 49.2 Å². The van der Waals surface area contributed by atoms with Crippen molar-refractivity contribution in [2.24, 2.45) is 0 Å². The highest BCUT2D eigenvalue weighted by atomic mass is 35.5. The number of carbonyl (C=O) groups is 1. The van der Waals surface area contributed by atoms with E-state index in [4.69, 9.17) is 20.8 Å². The second-order valence-corrected chi connectivity index (χ2v) is 9.10. The van der Waals surface area contributed by atoms with Gasteiger partial charge in [0.25, 0.3) is 5.91 Å². The van der Waals surface area contributed by atoms with E-state index in [-0.39, 0.29) is 16.8 Å². The summed E-state index contributed by atoms with van der Waals surface area (Å²) in [6.07, 6.45) is 1.68. The van der Waals surface area contributed by atoms with E-state index in [9.17, 15) is 9.59 Å². The molecule has 0 bridgehead atoms. The van der Waals surface area contributed by atoms with Crippen molar-refractivity contribution in [1.82, 2.24) is 10.2 Å². The quantitative estimate of drug-likeness (QED) is 0.366. The van der Waals surface area contributed by atoms with Crippen molar-refractivity contribution >= 4 is 44.9 Å². The molecule has 0 radical (unpaired) electrons. The van der Waals surface area contributed by atoms with E-state index in [0.29, 0.717) is 33.5 Å². The van der Waals surface area contributed by atoms with E-state index < -0.39 is 11.9 Å². The van der Waals surface area contributed by atoms with Crippen molar-refractivity contribution < 1.29 is 13.9 Å². The number of hydrogen-bond donors (Lipinski definition) is 0. The van der Waals surface area contributed by atoms with E-state index >= 15 is 0 Å². The van der Waals surface area contributed by atoms with Crippen LogP contribution in [0.2, 0.25) is 5.02 Å². The first kappa shape index (κ1) is 21.6.